The van der Waals surface area contributed by atoms with Crippen molar-refractivity contribution < 1.29 is 13.2 Å². The molecule has 1 atom stereocenters. The highest BCUT2D eigenvalue weighted by Gasteiger charge is 2.34. The van der Waals surface area contributed by atoms with Crippen molar-refractivity contribution in [2.75, 3.05) is 25.0 Å². The number of nitrogens with zero attached hydrogens (tertiary/aromatic N) is 4. The van der Waals surface area contributed by atoms with Gasteiger partial charge in [0, 0.05) is 43.8 Å². The number of hydrogen-bond acceptors (Lipinski definition) is 4. The summed E-state index contributed by atoms with van der Waals surface area (Å²) in [7, 11) is 1.77. The van der Waals surface area contributed by atoms with Gasteiger partial charge in [0.25, 0.3) is 0 Å². The summed E-state index contributed by atoms with van der Waals surface area (Å²) in [6.45, 7) is 2.40. The van der Waals surface area contributed by atoms with E-state index in [9.17, 15) is 13.2 Å². The molecule has 0 amide bonds. The minimum atomic E-state index is -4.47. The molecular formula is C17H18ClF3N4. The second-order valence-corrected chi connectivity index (χ2v) is 6.61. The quantitative estimate of drug-likeness (QED) is 0.818. The van der Waals surface area contributed by atoms with Crippen LogP contribution in [0.15, 0.2) is 36.7 Å². The van der Waals surface area contributed by atoms with Crippen LogP contribution in [-0.4, -0.2) is 41.0 Å². The fraction of sp³-hybridized carbons (Fsp3) is 0.412. The number of halogens is 4. The smallest absolute Gasteiger partial charge is 0.355 e. The van der Waals surface area contributed by atoms with Crippen molar-refractivity contribution in [3.05, 3.63) is 52.9 Å². The second kappa shape index (κ2) is 7.17. The summed E-state index contributed by atoms with van der Waals surface area (Å²) < 4.78 is 38.5. The van der Waals surface area contributed by atoms with Gasteiger partial charge < -0.3 is 4.90 Å². The van der Waals surface area contributed by atoms with Gasteiger partial charge >= 0.3 is 6.18 Å². The van der Waals surface area contributed by atoms with Crippen molar-refractivity contribution in [3.63, 3.8) is 0 Å². The average molecular weight is 371 g/mol. The first-order valence-corrected chi connectivity index (χ1v) is 8.29. The number of likely N-dealkylation sites (tertiary alicyclic amines) is 1. The molecule has 8 heteroatoms. The summed E-state index contributed by atoms with van der Waals surface area (Å²) in [6.07, 6.45) is -2.64. The van der Waals surface area contributed by atoms with E-state index in [0.717, 1.165) is 44.0 Å². The first kappa shape index (κ1) is 17.9. The molecule has 0 radical (unpaired) electrons. The summed E-state index contributed by atoms with van der Waals surface area (Å²) in [5.74, 6) is 0.289. The minimum Gasteiger partial charge on any atom is -0.355 e. The van der Waals surface area contributed by atoms with E-state index in [-0.39, 0.29) is 11.9 Å². The molecule has 3 rings (SSSR count). The summed E-state index contributed by atoms with van der Waals surface area (Å²) in [4.78, 5) is 11.4. The lowest BCUT2D eigenvalue weighted by molar-refractivity contribution is -0.141. The Morgan fingerprint density at radius 3 is 2.80 bits per heavy atom. The fourth-order valence-corrected chi connectivity index (χ4v) is 3.26. The zero-order valence-corrected chi connectivity index (χ0v) is 14.4. The Labute approximate surface area is 149 Å². The molecule has 0 spiro atoms. The maximum absolute atomic E-state index is 12.8. The van der Waals surface area contributed by atoms with Crippen LogP contribution in [-0.2, 0) is 12.7 Å². The lowest BCUT2D eigenvalue weighted by Gasteiger charge is -2.26. The van der Waals surface area contributed by atoms with E-state index < -0.39 is 11.9 Å². The first-order valence-electron chi connectivity index (χ1n) is 7.92. The zero-order chi connectivity index (χ0) is 18.0. The third-order valence-corrected chi connectivity index (χ3v) is 4.63. The SMILES string of the molecule is CN(c1cc(C(F)(F)F)ncn1)C1CCN(Cc2cccc(Cl)c2)C1. The molecule has 0 aliphatic carbocycles. The van der Waals surface area contributed by atoms with Crippen LogP contribution in [0.2, 0.25) is 5.02 Å². The van der Waals surface area contributed by atoms with Gasteiger partial charge in [0.05, 0.1) is 0 Å². The van der Waals surface area contributed by atoms with Crippen LogP contribution in [0.5, 0.6) is 0 Å². The Morgan fingerprint density at radius 1 is 1.28 bits per heavy atom. The van der Waals surface area contributed by atoms with E-state index in [2.05, 4.69) is 14.9 Å². The van der Waals surface area contributed by atoms with Gasteiger partial charge in [-0.2, -0.15) is 13.2 Å². The Morgan fingerprint density at radius 2 is 2.08 bits per heavy atom. The molecule has 0 bridgehead atoms. The van der Waals surface area contributed by atoms with Gasteiger partial charge in [-0.15, -0.1) is 0 Å². The van der Waals surface area contributed by atoms with E-state index in [0.29, 0.717) is 5.02 Å². The van der Waals surface area contributed by atoms with Crippen molar-refractivity contribution in [2.24, 2.45) is 0 Å². The molecular weight excluding hydrogens is 353 g/mol. The van der Waals surface area contributed by atoms with Crippen LogP contribution in [0.25, 0.3) is 0 Å². The number of likely N-dealkylation sites (N-methyl/N-ethyl adjacent to an activating group) is 1. The van der Waals surface area contributed by atoms with Crippen molar-refractivity contribution in [2.45, 2.75) is 25.2 Å². The van der Waals surface area contributed by atoms with Gasteiger partial charge in [-0.05, 0) is 24.1 Å². The molecule has 1 aliphatic rings. The molecule has 1 aromatic heterocycles. The van der Waals surface area contributed by atoms with Crippen molar-refractivity contribution in [1.29, 1.82) is 0 Å². The van der Waals surface area contributed by atoms with Crippen molar-refractivity contribution >= 4 is 17.4 Å². The predicted octanol–water partition coefficient (Wildman–Crippen LogP) is 3.86. The lowest BCUT2D eigenvalue weighted by Crippen LogP contribution is -2.35. The number of alkyl halides is 3. The summed E-state index contributed by atoms with van der Waals surface area (Å²) in [5.41, 5.74) is 0.204. The van der Waals surface area contributed by atoms with Gasteiger partial charge in [-0.3, -0.25) is 4.90 Å². The number of rotatable bonds is 4. The molecule has 0 N–H and O–H groups in total. The van der Waals surface area contributed by atoms with E-state index >= 15 is 0 Å². The minimum absolute atomic E-state index is 0.107. The number of benzene rings is 1. The van der Waals surface area contributed by atoms with E-state index in [1.807, 2.05) is 24.3 Å². The molecule has 4 nitrogen and oxygen atoms in total. The molecule has 1 aromatic carbocycles. The van der Waals surface area contributed by atoms with Gasteiger partial charge in [-0.25, -0.2) is 9.97 Å². The van der Waals surface area contributed by atoms with E-state index in [1.54, 1.807) is 11.9 Å². The summed E-state index contributed by atoms with van der Waals surface area (Å²) in [6, 6.07) is 8.80. The van der Waals surface area contributed by atoms with Gasteiger partial charge in [-0.1, -0.05) is 23.7 Å². The first-order chi connectivity index (χ1) is 11.8. The Kier molecular flexibility index (Phi) is 5.15. The van der Waals surface area contributed by atoms with Gasteiger partial charge in [0.15, 0.2) is 0 Å². The molecule has 2 heterocycles. The number of aromatic nitrogens is 2. The van der Waals surface area contributed by atoms with Gasteiger partial charge in [0.1, 0.15) is 17.8 Å². The van der Waals surface area contributed by atoms with E-state index in [4.69, 9.17) is 11.6 Å². The standard InChI is InChI=1S/C17H18ClF3N4/c1-24(16-8-15(17(19,20)21)22-11-23-16)14-5-6-25(10-14)9-12-3-2-4-13(18)7-12/h2-4,7-8,11,14H,5-6,9-10H2,1H3. The Bertz CT molecular complexity index is 738. The average Bonchev–Trinajstić information content (AvgIpc) is 3.02. The van der Waals surface area contributed by atoms with Crippen LogP contribution >= 0.6 is 11.6 Å². The number of anilines is 1. The van der Waals surface area contributed by atoms with Crippen LogP contribution in [0.1, 0.15) is 17.7 Å². The lowest BCUT2D eigenvalue weighted by atomic mass is 10.2. The molecule has 25 heavy (non-hydrogen) atoms. The highest BCUT2D eigenvalue weighted by atomic mass is 35.5. The van der Waals surface area contributed by atoms with Gasteiger partial charge in [0.2, 0.25) is 0 Å². The largest absolute Gasteiger partial charge is 0.433 e. The van der Waals surface area contributed by atoms with Crippen molar-refractivity contribution in [1.82, 2.24) is 14.9 Å². The highest BCUT2D eigenvalue weighted by Crippen LogP contribution is 2.30. The Balaban J connectivity index is 1.65. The maximum Gasteiger partial charge on any atom is 0.433 e. The number of hydrogen-bond donors (Lipinski definition) is 0. The molecule has 2 aromatic rings. The molecule has 1 unspecified atom stereocenters. The second-order valence-electron chi connectivity index (χ2n) is 6.18. The molecule has 1 fully saturated rings. The third-order valence-electron chi connectivity index (χ3n) is 4.39. The molecule has 1 saturated heterocycles. The summed E-state index contributed by atoms with van der Waals surface area (Å²) >= 11 is 6.01. The van der Waals surface area contributed by atoms with Crippen LogP contribution in [0.4, 0.5) is 19.0 Å². The summed E-state index contributed by atoms with van der Waals surface area (Å²) in [5, 5.41) is 0.700. The Hall–Kier alpha value is -1.86. The zero-order valence-electron chi connectivity index (χ0n) is 13.7. The van der Waals surface area contributed by atoms with Crippen LogP contribution in [0, 0.1) is 0 Å². The highest BCUT2D eigenvalue weighted by molar-refractivity contribution is 6.30. The van der Waals surface area contributed by atoms with E-state index in [1.165, 1.54) is 0 Å². The third kappa shape index (κ3) is 4.41. The molecule has 1 aliphatic heterocycles. The molecule has 0 saturated carbocycles. The fourth-order valence-electron chi connectivity index (χ4n) is 3.05. The normalized spacial score (nSPS) is 18.5. The van der Waals surface area contributed by atoms with Crippen LogP contribution in [0.3, 0.4) is 0 Å². The maximum atomic E-state index is 12.8. The topological polar surface area (TPSA) is 32.3 Å². The monoisotopic (exact) mass is 370 g/mol. The van der Waals surface area contributed by atoms with Crippen molar-refractivity contribution in [3.8, 4) is 0 Å². The molecule has 134 valence electrons. The van der Waals surface area contributed by atoms with Crippen LogP contribution < -0.4 is 4.90 Å². The predicted molar refractivity (Wildman–Crippen MR) is 90.6 cm³/mol.